The molecule has 0 amide bonds. The van der Waals surface area contributed by atoms with E-state index in [9.17, 15) is 4.79 Å². The van der Waals surface area contributed by atoms with E-state index in [-0.39, 0.29) is 6.42 Å². The first-order valence-electron chi connectivity index (χ1n) is 4.59. The lowest BCUT2D eigenvalue weighted by atomic mass is 9.94. The molecule has 1 unspecified atom stereocenters. The molecule has 0 spiro atoms. The Bertz CT molecular complexity index is 247. The van der Waals surface area contributed by atoms with E-state index in [4.69, 9.17) is 14.6 Å². The summed E-state index contributed by atoms with van der Waals surface area (Å²) in [5, 5.41) is 8.76. The fraction of sp³-hybridized carbons (Fsp3) is 0.700. The lowest BCUT2D eigenvalue weighted by molar-refractivity contribution is -0.297. The number of rotatable bonds is 3. The third-order valence-electron chi connectivity index (χ3n) is 2.25. The molecular weight excluding hydrogens is 184 g/mol. The third-order valence-corrected chi connectivity index (χ3v) is 2.25. The molecule has 1 aliphatic heterocycles. The Morgan fingerprint density at radius 3 is 2.71 bits per heavy atom. The number of carbonyl (C=O) groups is 1. The molecule has 1 rings (SSSR count). The van der Waals surface area contributed by atoms with Crippen LogP contribution in [0.1, 0.15) is 26.7 Å². The molecular formula is C10H16O4. The van der Waals surface area contributed by atoms with E-state index >= 15 is 0 Å². The van der Waals surface area contributed by atoms with Crippen molar-refractivity contribution in [1.82, 2.24) is 0 Å². The van der Waals surface area contributed by atoms with E-state index in [1.165, 1.54) is 0 Å². The topological polar surface area (TPSA) is 55.8 Å². The Morgan fingerprint density at radius 2 is 2.29 bits per heavy atom. The lowest BCUT2D eigenvalue weighted by Gasteiger charge is -2.42. The van der Waals surface area contributed by atoms with E-state index in [0.29, 0.717) is 13.0 Å². The van der Waals surface area contributed by atoms with Gasteiger partial charge in [-0.2, -0.15) is 0 Å². The minimum absolute atomic E-state index is 0.0662. The molecule has 1 saturated heterocycles. The summed E-state index contributed by atoms with van der Waals surface area (Å²) in [7, 11) is 0. The van der Waals surface area contributed by atoms with Crippen molar-refractivity contribution in [3.63, 3.8) is 0 Å². The van der Waals surface area contributed by atoms with Gasteiger partial charge in [-0.15, -0.1) is 6.58 Å². The van der Waals surface area contributed by atoms with Crippen molar-refractivity contribution in [3.05, 3.63) is 12.7 Å². The Labute approximate surface area is 83.5 Å². The molecule has 4 heteroatoms. The normalized spacial score (nSPS) is 31.0. The van der Waals surface area contributed by atoms with Gasteiger partial charge in [-0.25, -0.2) is 0 Å². The maximum atomic E-state index is 10.7. The quantitative estimate of drug-likeness (QED) is 0.702. The summed E-state index contributed by atoms with van der Waals surface area (Å²) < 4.78 is 10.9. The lowest BCUT2D eigenvalue weighted by Crippen LogP contribution is -2.48. The fourth-order valence-electron chi connectivity index (χ4n) is 1.64. The molecule has 4 nitrogen and oxygen atoms in total. The molecule has 80 valence electrons. The smallest absolute Gasteiger partial charge is 0.306 e. The van der Waals surface area contributed by atoms with Crippen LogP contribution in [0.2, 0.25) is 0 Å². The summed E-state index contributed by atoms with van der Waals surface area (Å²) in [6.45, 7) is 7.66. The molecule has 0 aliphatic carbocycles. The molecule has 1 aliphatic rings. The summed E-state index contributed by atoms with van der Waals surface area (Å²) in [5.74, 6) is -1.62. The zero-order valence-corrected chi connectivity index (χ0v) is 8.58. The Kier molecular flexibility index (Phi) is 2.97. The zero-order valence-electron chi connectivity index (χ0n) is 8.58. The largest absolute Gasteiger partial charge is 0.481 e. The van der Waals surface area contributed by atoms with Gasteiger partial charge in [0.05, 0.1) is 13.0 Å². The second kappa shape index (κ2) is 3.71. The van der Waals surface area contributed by atoms with Gasteiger partial charge in [0, 0.05) is 6.42 Å². The van der Waals surface area contributed by atoms with E-state index < -0.39 is 17.4 Å². The predicted molar refractivity (Wildman–Crippen MR) is 50.9 cm³/mol. The van der Waals surface area contributed by atoms with Gasteiger partial charge in [0.2, 0.25) is 0 Å². The van der Waals surface area contributed by atoms with Crippen LogP contribution in [-0.2, 0) is 14.3 Å². The number of hydrogen-bond donors (Lipinski definition) is 1. The van der Waals surface area contributed by atoms with Gasteiger partial charge in [0.1, 0.15) is 5.60 Å². The summed E-state index contributed by atoms with van der Waals surface area (Å²) in [6.07, 6.45) is 2.03. The van der Waals surface area contributed by atoms with E-state index in [1.54, 1.807) is 19.9 Å². The standard InChI is InChI=1S/C10H16O4/c1-4-10(7-8(11)12)5-6-13-9(2,3)14-10/h4H,1,5-7H2,2-3H3,(H,11,12). The number of carboxylic acid groups (broad SMARTS) is 1. The number of ether oxygens (including phenoxy) is 2. The van der Waals surface area contributed by atoms with Gasteiger partial charge < -0.3 is 14.6 Å². The van der Waals surface area contributed by atoms with Crippen LogP contribution in [0.5, 0.6) is 0 Å². The highest BCUT2D eigenvalue weighted by molar-refractivity contribution is 5.68. The van der Waals surface area contributed by atoms with Gasteiger partial charge in [0.15, 0.2) is 5.79 Å². The fourth-order valence-corrected chi connectivity index (χ4v) is 1.64. The first-order valence-corrected chi connectivity index (χ1v) is 4.59. The highest BCUT2D eigenvalue weighted by Gasteiger charge is 2.41. The highest BCUT2D eigenvalue weighted by Crippen LogP contribution is 2.33. The molecule has 0 aromatic carbocycles. The van der Waals surface area contributed by atoms with E-state index in [0.717, 1.165) is 0 Å². The van der Waals surface area contributed by atoms with Gasteiger partial charge in [-0.1, -0.05) is 6.08 Å². The second-order valence-electron chi connectivity index (χ2n) is 3.94. The van der Waals surface area contributed by atoms with Crippen LogP contribution in [0.4, 0.5) is 0 Å². The summed E-state index contributed by atoms with van der Waals surface area (Å²) >= 11 is 0. The van der Waals surface area contributed by atoms with Crippen LogP contribution in [0.15, 0.2) is 12.7 Å². The molecule has 1 N–H and O–H groups in total. The average molecular weight is 200 g/mol. The molecule has 0 aromatic heterocycles. The molecule has 14 heavy (non-hydrogen) atoms. The van der Waals surface area contributed by atoms with E-state index in [1.807, 2.05) is 0 Å². The molecule has 0 saturated carbocycles. The first-order chi connectivity index (χ1) is 6.39. The monoisotopic (exact) mass is 200 g/mol. The number of aliphatic carboxylic acids is 1. The third kappa shape index (κ3) is 2.56. The van der Waals surface area contributed by atoms with Crippen LogP contribution in [0.25, 0.3) is 0 Å². The average Bonchev–Trinajstić information content (AvgIpc) is 2.01. The first kappa shape index (κ1) is 11.2. The Morgan fingerprint density at radius 1 is 1.64 bits per heavy atom. The van der Waals surface area contributed by atoms with Crippen molar-refractivity contribution in [3.8, 4) is 0 Å². The maximum absolute atomic E-state index is 10.7. The summed E-state index contributed by atoms with van der Waals surface area (Å²) in [5.41, 5.74) is -0.784. The summed E-state index contributed by atoms with van der Waals surface area (Å²) in [4.78, 5) is 10.7. The van der Waals surface area contributed by atoms with Crippen LogP contribution < -0.4 is 0 Å². The second-order valence-corrected chi connectivity index (χ2v) is 3.94. The van der Waals surface area contributed by atoms with E-state index in [2.05, 4.69) is 6.58 Å². The molecule has 0 bridgehead atoms. The predicted octanol–water partition coefficient (Wildman–Crippen LogP) is 1.56. The van der Waals surface area contributed by atoms with Crippen molar-refractivity contribution >= 4 is 5.97 Å². The molecule has 0 radical (unpaired) electrons. The Hall–Kier alpha value is -0.870. The van der Waals surface area contributed by atoms with Crippen molar-refractivity contribution in [2.45, 2.75) is 38.1 Å². The van der Waals surface area contributed by atoms with Crippen LogP contribution in [-0.4, -0.2) is 29.1 Å². The number of hydrogen-bond acceptors (Lipinski definition) is 3. The molecule has 1 heterocycles. The molecule has 1 fully saturated rings. The van der Waals surface area contributed by atoms with Crippen LogP contribution in [0, 0.1) is 0 Å². The van der Waals surface area contributed by atoms with Gasteiger partial charge in [-0.3, -0.25) is 4.79 Å². The van der Waals surface area contributed by atoms with Crippen molar-refractivity contribution in [2.24, 2.45) is 0 Å². The minimum Gasteiger partial charge on any atom is -0.481 e. The highest BCUT2D eigenvalue weighted by atomic mass is 16.7. The van der Waals surface area contributed by atoms with Gasteiger partial charge in [0.25, 0.3) is 0 Å². The summed E-state index contributed by atoms with van der Waals surface area (Å²) in [6, 6.07) is 0. The van der Waals surface area contributed by atoms with Crippen LogP contribution in [0.3, 0.4) is 0 Å². The van der Waals surface area contributed by atoms with Crippen molar-refractivity contribution in [2.75, 3.05) is 6.61 Å². The number of carboxylic acids is 1. The maximum Gasteiger partial charge on any atom is 0.306 e. The molecule has 1 atom stereocenters. The zero-order chi connectivity index (χ0) is 10.8. The van der Waals surface area contributed by atoms with Crippen molar-refractivity contribution in [1.29, 1.82) is 0 Å². The van der Waals surface area contributed by atoms with Crippen molar-refractivity contribution < 1.29 is 19.4 Å². The van der Waals surface area contributed by atoms with Gasteiger partial charge in [-0.05, 0) is 13.8 Å². The Balaban J connectivity index is 2.78. The minimum atomic E-state index is -0.886. The van der Waals surface area contributed by atoms with Gasteiger partial charge >= 0.3 is 5.97 Å². The molecule has 0 aromatic rings. The SMILES string of the molecule is C=CC1(CC(=O)O)CCOC(C)(C)O1. The van der Waals surface area contributed by atoms with Crippen LogP contribution >= 0.6 is 0 Å².